The van der Waals surface area contributed by atoms with Crippen LogP contribution in [0.1, 0.15) is 47.0 Å². The highest BCUT2D eigenvalue weighted by molar-refractivity contribution is 4.81. The molecule has 1 saturated heterocycles. The van der Waals surface area contributed by atoms with Gasteiger partial charge in [0.25, 0.3) is 0 Å². The largest absolute Gasteiger partial charge is 0.380 e. The lowest BCUT2D eigenvalue weighted by Crippen LogP contribution is -2.47. The van der Waals surface area contributed by atoms with Crippen LogP contribution in [0, 0.1) is 11.8 Å². The van der Waals surface area contributed by atoms with Crippen LogP contribution in [0.15, 0.2) is 0 Å². The number of methoxy groups -OCH3 is 1. The Labute approximate surface area is 120 Å². The molecule has 3 nitrogen and oxygen atoms in total. The summed E-state index contributed by atoms with van der Waals surface area (Å²) in [5.74, 6) is 1.46. The Bertz CT molecular complexity index is 233. The number of piperidine rings is 1. The van der Waals surface area contributed by atoms with Gasteiger partial charge in [-0.3, -0.25) is 4.90 Å². The van der Waals surface area contributed by atoms with Gasteiger partial charge in [-0.2, -0.15) is 0 Å². The van der Waals surface area contributed by atoms with Crippen LogP contribution in [0.25, 0.3) is 0 Å². The highest BCUT2D eigenvalue weighted by atomic mass is 16.5. The second-order valence-corrected chi connectivity index (χ2v) is 6.62. The molecule has 1 aliphatic heterocycles. The van der Waals surface area contributed by atoms with E-state index >= 15 is 0 Å². The molecule has 1 rings (SSSR count). The molecular formula is C16H34N2O. The van der Waals surface area contributed by atoms with E-state index in [-0.39, 0.29) is 0 Å². The molecule has 1 aliphatic rings. The molecule has 0 aromatic rings. The van der Waals surface area contributed by atoms with Crippen molar-refractivity contribution in [1.29, 1.82) is 0 Å². The normalized spacial score (nSPS) is 26.8. The number of hydrogen-bond donors (Lipinski definition) is 1. The highest BCUT2D eigenvalue weighted by Crippen LogP contribution is 2.22. The second kappa shape index (κ2) is 8.93. The molecule has 114 valence electrons. The highest BCUT2D eigenvalue weighted by Gasteiger charge is 2.28. The van der Waals surface area contributed by atoms with Crippen LogP contribution in [0.5, 0.6) is 0 Å². The molecule has 19 heavy (non-hydrogen) atoms. The van der Waals surface area contributed by atoms with Crippen molar-refractivity contribution in [2.75, 3.05) is 33.3 Å². The summed E-state index contributed by atoms with van der Waals surface area (Å²) in [6, 6.07) is 0.686. The maximum Gasteiger partial charge on any atom is 0.0724 e. The van der Waals surface area contributed by atoms with E-state index < -0.39 is 0 Å². The van der Waals surface area contributed by atoms with Crippen LogP contribution >= 0.6 is 0 Å². The van der Waals surface area contributed by atoms with Gasteiger partial charge in [-0.15, -0.1) is 0 Å². The van der Waals surface area contributed by atoms with Gasteiger partial charge in [-0.25, -0.2) is 0 Å². The van der Waals surface area contributed by atoms with Crippen molar-refractivity contribution < 1.29 is 4.74 Å². The van der Waals surface area contributed by atoms with Gasteiger partial charge in [0.1, 0.15) is 0 Å². The fourth-order valence-electron chi connectivity index (χ4n) is 2.86. The number of nitrogens with zero attached hydrogens (tertiary/aromatic N) is 1. The van der Waals surface area contributed by atoms with Crippen LogP contribution < -0.4 is 5.32 Å². The van der Waals surface area contributed by atoms with Gasteiger partial charge in [-0.1, -0.05) is 20.8 Å². The molecule has 0 bridgehead atoms. The zero-order valence-corrected chi connectivity index (χ0v) is 13.6. The Morgan fingerprint density at radius 3 is 2.68 bits per heavy atom. The lowest BCUT2D eigenvalue weighted by Gasteiger charge is -2.39. The first-order chi connectivity index (χ1) is 9.04. The molecule has 1 fully saturated rings. The average molecular weight is 270 g/mol. The third-order valence-electron chi connectivity index (χ3n) is 4.37. The summed E-state index contributed by atoms with van der Waals surface area (Å²) in [5.41, 5.74) is 0. The first-order valence-electron chi connectivity index (χ1n) is 8.02. The van der Waals surface area contributed by atoms with Crippen LogP contribution in [0.2, 0.25) is 0 Å². The predicted octanol–water partition coefficient (Wildman–Crippen LogP) is 2.76. The Balaban J connectivity index is 2.17. The summed E-state index contributed by atoms with van der Waals surface area (Å²) in [6.07, 6.45) is 4.26. The summed E-state index contributed by atoms with van der Waals surface area (Å²) < 4.78 is 5.60. The number of hydrogen-bond acceptors (Lipinski definition) is 3. The van der Waals surface area contributed by atoms with Gasteiger partial charge < -0.3 is 10.1 Å². The van der Waals surface area contributed by atoms with Crippen molar-refractivity contribution in [3.8, 4) is 0 Å². The van der Waals surface area contributed by atoms with E-state index in [0.29, 0.717) is 18.1 Å². The third-order valence-corrected chi connectivity index (χ3v) is 4.37. The molecule has 0 aromatic carbocycles. The van der Waals surface area contributed by atoms with Gasteiger partial charge in [0.15, 0.2) is 0 Å². The van der Waals surface area contributed by atoms with Gasteiger partial charge >= 0.3 is 0 Å². The van der Waals surface area contributed by atoms with Crippen molar-refractivity contribution in [1.82, 2.24) is 10.2 Å². The minimum absolute atomic E-state index is 0.426. The molecular weight excluding hydrogens is 236 g/mol. The first kappa shape index (κ1) is 16.9. The molecule has 3 atom stereocenters. The fourth-order valence-corrected chi connectivity index (χ4v) is 2.86. The molecule has 3 heteroatoms. The Morgan fingerprint density at radius 2 is 2.05 bits per heavy atom. The van der Waals surface area contributed by atoms with E-state index in [1.807, 2.05) is 7.11 Å². The monoisotopic (exact) mass is 270 g/mol. The molecule has 1 heterocycles. The Kier molecular flexibility index (Phi) is 7.96. The zero-order chi connectivity index (χ0) is 14.3. The third kappa shape index (κ3) is 6.24. The van der Waals surface area contributed by atoms with Gasteiger partial charge in [0, 0.05) is 19.7 Å². The minimum Gasteiger partial charge on any atom is -0.380 e. The number of rotatable bonds is 8. The average Bonchev–Trinajstić information content (AvgIpc) is 2.38. The van der Waals surface area contributed by atoms with Gasteiger partial charge in [-0.05, 0) is 57.7 Å². The van der Waals surface area contributed by atoms with Crippen molar-refractivity contribution in [3.05, 3.63) is 0 Å². The van der Waals surface area contributed by atoms with Crippen molar-refractivity contribution in [3.63, 3.8) is 0 Å². The second-order valence-electron chi connectivity index (χ2n) is 6.62. The molecule has 3 unspecified atom stereocenters. The molecule has 0 spiro atoms. The van der Waals surface area contributed by atoms with E-state index in [1.54, 1.807) is 0 Å². The molecule has 0 radical (unpaired) electrons. The SMILES string of the molecule is COC1CN(C(C)CCCNCC(C)C)CCC1C. The maximum absolute atomic E-state index is 5.60. The van der Waals surface area contributed by atoms with E-state index in [1.165, 1.54) is 25.8 Å². The summed E-state index contributed by atoms with van der Waals surface area (Å²) in [6.45, 7) is 13.8. The lowest BCUT2D eigenvalue weighted by molar-refractivity contribution is -0.0178. The van der Waals surface area contributed by atoms with E-state index in [9.17, 15) is 0 Å². The minimum atomic E-state index is 0.426. The van der Waals surface area contributed by atoms with Gasteiger partial charge in [0.2, 0.25) is 0 Å². The quantitative estimate of drug-likeness (QED) is 0.686. The summed E-state index contributed by atoms with van der Waals surface area (Å²) >= 11 is 0. The number of likely N-dealkylation sites (tertiary alicyclic amines) is 1. The van der Waals surface area contributed by atoms with E-state index in [4.69, 9.17) is 4.74 Å². The summed E-state index contributed by atoms with van der Waals surface area (Å²) in [5, 5.41) is 3.53. The maximum atomic E-state index is 5.60. The smallest absolute Gasteiger partial charge is 0.0724 e. The van der Waals surface area contributed by atoms with Crippen LogP contribution in [-0.2, 0) is 4.74 Å². The fraction of sp³-hybridized carbons (Fsp3) is 1.00. The molecule has 0 saturated carbocycles. The van der Waals surface area contributed by atoms with Crippen molar-refractivity contribution >= 4 is 0 Å². The molecule has 1 N–H and O–H groups in total. The number of nitrogens with one attached hydrogen (secondary N) is 1. The van der Waals surface area contributed by atoms with Crippen LogP contribution in [0.4, 0.5) is 0 Å². The Hall–Kier alpha value is -0.120. The van der Waals surface area contributed by atoms with Crippen LogP contribution in [0.3, 0.4) is 0 Å². The predicted molar refractivity (Wildman–Crippen MR) is 82.6 cm³/mol. The number of ether oxygens (including phenoxy) is 1. The van der Waals surface area contributed by atoms with E-state index in [2.05, 4.69) is 37.9 Å². The standard InChI is InChI=1S/C16H34N2O/c1-13(2)11-17-9-6-7-15(4)18-10-8-14(3)16(12-18)19-5/h13-17H,6-12H2,1-5H3. The molecule has 0 amide bonds. The van der Waals surface area contributed by atoms with Crippen molar-refractivity contribution in [2.24, 2.45) is 11.8 Å². The van der Waals surface area contributed by atoms with Gasteiger partial charge in [0.05, 0.1) is 6.10 Å². The topological polar surface area (TPSA) is 24.5 Å². The van der Waals surface area contributed by atoms with Crippen molar-refractivity contribution in [2.45, 2.75) is 59.1 Å². The molecule has 0 aliphatic carbocycles. The van der Waals surface area contributed by atoms with E-state index in [0.717, 1.165) is 25.6 Å². The van der Waals surface area contributed by atoms with Crippen LogP contribution in [-0.4, -0.2) is 50.3 Å². The zero-order valence-electron chi connectivity index (χ0n) is 13.6. The summed E-state index contributed by atoms with van der Waals surface area (Å²) in [4.78, 5) is 2.61. The lowest BCUT2D eigenvalue weighted by atomic mass is 9.94. The molecule has 0 aromatic heterocycles. The first-order valence-corrected chi connectivity index (χ1v) is 8.02. The summed E-state index contributed by atoms with van der Waals surface area (Å²) in [7, 11) is 1.85. The Morgan fingerprint density at radius 1 is 1.32 bits per heavy atom.